The number of nitrogens with one attached hydrogen (secondary N) is 2. The normalized spacial score (nSPS) is 17.3. The Kier molecular flexibility index (Phi) is 3.83. The molecule has 3 aromatic rings. The zero-order valence-corrected chi connectivity index (χ0v) is 15.1. The minimum atomic E-state index is -0.481. The average molecular weight is 351 g/mol. The predicted molar refractivity (Wildman–Crippen MR) is 102 cm³/mol. The van der Waals surface area contributed by atoms with E-state index in [1.807, 2.05) is 24.8 Å². The van der Waals surface area contributed by atoms with E-state index in [1.165, 1.54) is 5.56 Å². The van der Waals surface area contributed by atoms with Crippen LogP contribution in [-0.2, 0) is 4.79 Å². The molecule has 1 aliphatic rings. The van der Waals surface area contributed by atoms with Crippen LogP contribution in [-0.4, -0.2) is 23.5 Å². The van der Waals surface area contributed by atoms with Gasteiger partial charge in [-0.25, -0.2) is 4.79 Å². The summed E-state index contributed by atoms with van der Waals surface area (Å²) in [6.07, 6.45) is 0.728. The maximum absolute atomic E-state index is 13.0. The summed E-state index contributed by atoms with van der Waals surface area (Å²) in [5.41, 5.74) is 6.36. The molecular formula is C20H21N3O3. The monoisotopic (exact) mass is 351 g/mol. The SMILES string of the molecule is Cc1cc(C)c(N2CCC(Nc3ccc4oc(=O)[nH]c4c3)C2=O)c(C)c1. The lowest BCUT2D eigenvalue weighted by Crippen LogP contribution is -2.34. The van der Waals surface area contributed by atoms with Gasteiger partial charge in [0.25, 0.3) is 0 Å². The molecule has 0 saturated carbocycles. The van der Waals surface area contributed by atoms with Crippen molar-refractivity contribution < 1.29 is 9.21 Å². The Balaban J connectivity index is 1.58. The average Bonchev–Trinajstić information content (AvgIpc) is 3.10. The second kappa shape index (κ2) is 6.05. The number of nitrogens with zero attached hydrogens (tertiary/aromatic N) is 1. The Morgan fingerprint density at radius 1 is 1.12 bits per heavy atom. The molecule has 1 saturated heterocycles. The van der Waals surface area contributed by atoms with E-state index in [9.17, 15) is 9.59 Å². The Hall–Kier alpha value is -3.02. The first-order valence-electron chi connectivity index (χ1n) is 8.71. The maximum Gasteiger partial charge on any atom is 0.417 e. The van der Waals surface area contributed by atoms with Gasteiger partial charge < -0.3 is 14.6 Å². The highest BCUT2D eigenvalue weighted by molar-refractivity contribution is 6.02. The molecule has 6 heteroatoms. The summed E-state index contributed by atoms with van der Waals surface area (Å²) >= 11 is 0. The van der Waals surface area contributed by atoms with Gasteiger partial charge in [-0.05, 0) is 56.5 Å². The number of oxazole rings is 1. The Labute approximate surface area is 150 Å². The quantitative estimate of drug-likeness (QED) is 0.759. The van der Waals surface area contributed by atoms with E-state index in [4.69, 9.17) is 4.42 Å². The number of anilines is 2. The molecule has 4 rings (SSSR count). The number of hydrogen-bond donors (Lipinski definition) is 2. The molecule has 134 valence electrons. The number of hydrogen-bond acceptors (Lipinski definition) is 4. The van der Waals surface area contributed by atoms with Crippen molar-refractivity contribution in [3.63, 3.8) is 0 Å². The predicted octanol–water partition coefficient (Wildman–Crippen LogP) is 3.26. The summed E-state index contributed by atoms with van der Waals surface area (Å²) in [4.78, 5) is 28.7. The van der Waals surface area contributed by atoms with Crippen molar-refractivity contribution in [3.05, 3.63) is 57.6 Å². The number of carbonyl (C=O) groups excluding carboxylic acids is 1. The Bertz CT molecular complexity index is 1040. The Morgan fingerprint density at radius 3 is 2.58 bits per heavy atom. The van der Waals surface area contributed by atoms with Crippen LogP contribution in [0.3, 0.4) is 0 Å². The van der Waals surface area contributed by atoms with Crippen LogP contribution in [0.25, 0.3) is 11.1 Å². The molecule has 2 aromatic carbocycles. The van der Waals surface area contributed by atoms with Gasteiger partial charge in [-0.3, -0.25) is 9.78 Å². The Morgan fingerprint density at radius 2 is 1.85 bits per heavy atom. The molecule has 2 heterocycles. The number of aryl methyl sites for hydroxylation is 3. The first-order chi connectivity index (χ1) is 12.4. The van der Waals surface area contributed by atoms with Gasteiger partial charge >= 0.3 is 5.76 Å². The van der Waals surface area contributed by atoms with Crippen LogP contribution in [0, 0.1) is 20.8 Å². The molecule has 1 amide bonds. The molecule has 0 radical (unpaired) electrons. The van der Waals surface area contributed by atoms with Gasteiger partial charge in [0.05, 0.1) is 5.52 Å². The van der Waals surface area contributed by atoms with Crippen molar-refractivity contribution >= 4 is 28.4 Å². The van der Waals surface area contributed by atoms with Gasteiger partial charge in [-0.15, -0.1) is 0 Å². The van der Waals surface area contributed by atoms with Crippen LogP contribution in [0.15, 0.2) is 39.5 Å². The van der Waals surface area contributed by atoms with Crippen LogP contribution >= 0.6 is 0 Å². The summed E-state index contributed by atoms with van der Waals surface area (Å²) in [6, 6.07) is 9.27. The molecule has 1 atom stereocenters. The second-order valence-corrected chi connectivity index (χ2v) is 6.95. The molecule has 6 nitrogen and oxygen atoms in total. The molecular weight excluding hydrogens is 330 g/mol. The fraction of sp³-hybridized carbons (Fsp3) is 0.300. The number of fused-ring (bicyclic) bond motifs is 1. The zero-order valence-electron chi connectivity index (χ0n) is 15.1. The number of aromatic nitrogens is 1. The van der Waals surface area contributed by atoms with E-state index >= 15 is 0 Å². The number of aromatic amines is 1. The number of carbonyl (C=O) groups is 1. The molecule has 1 unspecified atom stereocenters. The standard InChI is InChI=1S/C20H21N3O3/c1-11-8-12(2)18(13(3)9-11)23-7-6-15(19(23)24)21-14-4-5-17-16(10-14)22-20(25)26-17/h4-5,8-10,15,21H,6-7H2,1-3H3,(H,22,25). The van der Waals surface area contributed by atoms with Gasteiger partial charge in [-0.2, -0.15) is 0 Å². The van der Waals surface area contributed by atoms with Crippen LogP contribution in [0.5, 0.6) is 0 Å². The second-order valence-electron chi connectivity index (χ2n) is 6.95. The highest BCUT2D eigenvalue weighted by Gasteiger charge is 2.34. The molecule has 0 aliphatic carbocycles. The zero-order chi connectivity index (χ0) is 18.4. The van der Waals surface area contributed by atoms with Crippen LogP contribution in [0.4, 0.5) is 11.4 Å². The lowest BCUT2D eigenvalue weighted by molar-refractivity contribution is -0.117. The van der Waals surface area contributed by atoms with Gasteiger partial charge in [0.1, 0.15) is 6.04 Å². The van der Waals surface area contributed by atoms with Gasteiger partial charge in [0.15, 0.2) is 5.58 Å². The lowest BCUT2D eigenvalue weighted by atomic mass is 10.0. The van der Waals surface area contributed by atoms with E-state index in [1.54, 1.807) is 12.1 Å². The maximum atomic E-state index is 13.0. The third-order valence-corrected chi connectivity index (χ3v) is 4.87. The van der Waals surface area contributed by atoms with Crippen molar-refractivity contribution in [1.82, 2.24) is 4.98 Å². The molecule has 0 spiro atoms. The summed E-state index contributed by atoms with van der Waals surface area (Å²) in [5.74, 6) is -0.411. The number of H-pyrrole nitrogens is 1. The van der Waals surface area contributed by atoms with E-state index < -0.39 is 5.76 Å². The third-order valence-electron chi connectivity index (χ3n) is 4.87. The van der Waals surface area contributed by atoms with E-state index in [0.717, 1.165) is 28.9 Å². The first kappa shape index (κ1) is 16.4. The first-order valence-corrected chi connectivity index (χ1v) is 8.71. The lowest BCUT2D eigenvalue weighted by Gasteiger charge is -2.22. The largest absolute Gasteiger partial charge is 0.417 e. The smallest absolute Gasteiger partial charge is 0.408 e. The summed E-state index contributed by atoms with van der Waals surface area (Å²) in [6.45, 7) is 6.85. The van der Waals surface area contributed by atoms with Crippen molar-refractivity contribution in [2.45, 2.75) is 33.2 Å². The summed E-state index contributed by atoms with van der Waals surface area (Å²) in [5, 5.41) is 3.29. The van der Waals surface area contributed by atoms with Crippen LogP contribution < -0.4 is 16.0 Å². The minimum Gasteiger partial charge on any atom is -0.408 e. The van der Waals surface area contributed by atoms with Crippen LogP contribution in [0.2, 0.25) is 0 Å². The minimum absolute atomic E-state index is 0.0702. The van der Waals surface area contributed by atoms with Gasteiger partial charge in [-0.1, -0.05) is 17.7 Å². The van der Waals surface area contributed by atoms with Crippen molar-refractivity contribution in [3.8, 4) is 0 Å². The van der Waals surface area contributed by atoms with Gasteiger partial charge in [0.2, 0.25) is 5.91 Å². The third kappa shape index (κ3) is 2.77. The van der Waals surface area contributed by atoms with E-state index in [2.05, 4.69) is 29.4 Å². The molecule has 26 heavy (non-hydrogen) atoms. The van der Waals surface area contributed by atoms with Crippen molar-refractivity contribution in [1.29, 1.82) is 0 Å². The highest BCUT2D eigenvalue weighted by Crippen LogP contribution is 2.31. The molecule has 1 fully saturated rings. The summed E-state index contributed by atoms with van der Waals surface area (Å²) in [7, 11) is 0. The van der Waals surface area contributed by atoms with Gasteiger partial charge in [0, 0.05) is 17.9 Å². The molecule has 0 bridgehead atoms. The summed E-state index contributed by atoms with van der Waals surface area (Å²) < 4.78 is 5.01. The molecule has 2 N–H and O–H groups in total. The number of rotatable bonds is 3. The topological polar surface area (TPSA) is 78.3 Å². The fourth-order valence-electron chi connectivity index (χ4n) is 3.88. The van der Waals surface area contributed by atoms with Crippen LogP contribution in [0.1, 0.15) is 23.1 Å². The number of benzene rings is 2. The van der Waals surface area contributed by atoms with Crippen molar-refractivity contribution in [2.24, 2.45) is 0 Å². The van der Waals surface area contributed by atoms with E-state index in [-0.39, 0.29) is 11.9 Å². The highest BCUT2D eigenvalue weighted by atomic mass is 16.4. The van der Waals surface area contributed by atoms with E-state index in [0.29, 0.717) is 17.6 Å². The fourth-order valence-corrected chi connectivity index (χ4v) is 3.88. The van der Waals surface area contributed by atoms with Crippen molar-refractivity contribution in [2.75, 3.05) is 16.8 Å². The molecule has 1 aliphatic heterocycles. The molecule has 1 aromatic heterocycles. The number of amides is 1.